The summed E-state index contributed by atoms with van der Waals surface area (Å²) in [5, 5.41) is 2.27. The molecule has 8 heteroatoms. The van der Waals surface area contributed by atoms with Gasteiger partial charge in [-0.1, -0.05) is 30.3 Å². The Morgan fingerprint density at radius 3 is 2.76 bits per heavy atom. The topological polar surface area (TPSA) is 88.2 Å². The molecular formula is C25H27N3O5. The van der Waals surface area contributed by atoms with Crippen LogP contribution in [-0.4, -0.2) is 59.9 Å². The maximum absolute atomic E-state index is 13.0. The van der Waals surface area contributed by atoms with Crippen LogP contribution in [0.5, 0.6) is 5.75 Å². The van der Waals surface area contributed by atoms with Crippen LogP contribution in [0.2, 0.25) is 0 Å². The Morgan fingerprint density at radius 1 is 1.12 bits per heavy atom. The second-order valence-electron chi connectivity index (χ2n) is 8.28. The lowest BCUT2D eigenvalue weighted by Gasteiger charge is -2.29. The standard InChI is InChI=1S/C25H27N3O5/c29-23-9-8-21(24(30)26-23)28-15-20-19(25(28)31)2-1-3-22(20)33-16-18-6-4-17(5-7-18)14-27-10-12-32-13-11-27/h1-7,21H,8-16H2,(H,26,29,30)/i4D,6D,7D,16D. The van der Waals surface area contributed by atoms with Crippen molar-refractivity contribution in [3.8, 4) is 5.75 Å². The third-order valence-electron chi connectivity index (χ3n) is 6.10. The smallest absolute Gasteiger partial charge is 0.255 e. The van der Waals surface area contributed by atoms with E-state index in [1.165, 1.54) is 11.0 Å². The lowest BCUT2D eigenvalue weighted by atomic mass is 10.0. The van der Waals surface area contributed by atoms with Crippen molar-refractivity contribution in [2.75, 3.05) is 26.3 Å². The Labute approximate surface area is 198 Å². The van der Waals surface area contributed by atoms with E-state index >= 15 is 0 Å². The summed E-state index contributed by atoms with van der Waals surface area (Å²) in [6.07, 6.45) is 0.374. The molecule has 0 saturated carbocycles. The van der Waals surface area contributed by atoms with E-state index in [9.17, 15) is 14.4 Å². The molecule has 2 aromatic rings. The van der Waals surface area contributed by atoms with Crippen molar-refractivity contribution in [1.82, 2.24) is 15.1 Å². The van der Waals surface area contributed by atoms with Gasteiger partial charge in [0, 0.05) is 37.2 Å². The molecule has 0 spiro atoms. The molecule has 3 aliphatic heterocycles. The van der Waals surface area contributed by atoms with Crippen molar-refractivity contribution in [3.05, 3.63) is 64.6 Å². The van der Waals surface area contributed by atoms with Gasteiger partial charge in [-0.15, -0.1) is 0 Å². The van der Waals surface area contributed by atoms with E-state index in [2.05, 4.69) is 10.2 Å². The van der Waals surface area contributed by atoms with Crippen LogP contribution >= 0.6 is 0 Å². The van der Waals surface area contributed by atoms with E-state index < -0.39 is 18.5 Å². The highest BCUT2D eigenvalue weighted by molar-refractivity contribution is 6.05. The summed E-state index contributed by atoms with van der Waals surface area (Å²) in [5.74, 6) is -1.01. The Balaban J connectivity index is 1.36. The summed E-state index contributed by atoms with van der Waals surface area (Å²) in [4.78, 5) is 40.4. The molecule has 2 fully saturated rings. The van der Waals surface area contributed by atoms with Gasteiger partial charge >= 0.3 is 0 Å². The third kappa shape index (κ3) is 4.62. The zero-order chi connectivity index (χ0) is 26.3. The highest BCUT2D eigenvalue weighted by Crippen LogP contribution is 2.34. The SMILES string of the molecule is [2H]c1cc(CN2CCOCC2)c([2H])c([2H])c1C([2H])Oc1cccc2c1CN(C1CCC(=O)NC1=O)C2=O. The average Bonchev–Trinajstić information content (AvgIpc) is 3.20. The van der Waals surface area contributed by atoms with E-state index in [-0.39, 0.29) is 60.6 Å². The van der Waals surface area contributed by atoms with Crippen LogP contribution in [0.1, 0.15) is 45.4 Å². The number of fused-ring (bicyclic) bond motifs is 1. The normalized spacial score (nSPS) is 23.8. The molecule has 2 unspecified atom stereocenters. The van der Waals surface area contributed by atoms with Gasteiger partial charge in [-0.05, 0) is 29.7 Å². The summed E-state index contributed by atoms with van der Waals surface area (Å²) in [7, 11) is 0. The van der Waals surface area contributed by atoms with Crippen molar-refractivity contribution in [1.29, 1.82) is 0 Å². The largest absolute Gasteiger partial charge is 0.489 e. The molecule has 33 heavy (non-hydrogen) atoms. The van der Waals surface area contributed by atoms with Crippen molar-refractivity contribution in [2.45, 2.75) is 38.6 Å². The van der Waals surface area contributed by atoms with Gasteiger partial charge in [0.25, 0.3) is 5.91 Å². The molecule has 172 valence electrons. The fourth-order valence-corrected chi connectivity index (χ4v) is 4.32. The molecule has 0 aromatic heterocycles. The quantitative estimate of drug-likeness (QED) is 0.672. The number of ether oxygens (including phenoxy) is 2. The van der Waals surface area contributed by atoms with E-state index in [4.69, 9.17) is 15.0 Å². The van der Waals surface area contributed by atoms with Crippen molar-refractivity contribution in [2.24, 2.45) is 0 Å². The summed E-state index contributed by atoms with van der Waals surface area (Å²) in [6.45, 7) is 1.65. The van der Waals surface area contributed by atoms with Crippen LogP contribution in [0, 0.1) is 0 Å². The van der Waals surface area contributed by atoms with E-state index in [1.54, 1.807) is 18.2 Å². The monoisotopic (exact) mass is 453 g/mol. The highest BCUT2D eigenvalue weighted by Gasteiger charge is 2.40. The number of rotatable bonds is 6. The molecule has 3 heterocycles. The number of imide groups is 1. The Bertz CT molecular complexity index is 1270. The van der Waals surface area contributed by atoms with Gasteiger partial charge in [0.05, 0.1) is 25.2 Å². The van der Waals surface area contributed by atoms with E-state index in [1.807, 2.05) is 0 Å². The molecule has 8 nitrogen and oxygen atoms in total. The van der Waals surface area contributed by atoms with Gasteiger partial charge in [0.2, 0.25) is 11.8 Å². The number of nitrogens with one attached hydrogen (secondary N) is 1. The van der Waals surface area contributed by atoms with Crippen molar-refractivity contribution >= 4 is 17.7 Å². The zero-order valence-electron chi connectivity index (χ0n) is 22.1. The lowest BCUT2D eigenvalue weighted by Crippen LogP contribution is -2.52. The molecule has 5 rings (SSSR count). The molecule has 0 aliphatic carbocycles. The van der Waals surface area contributed by atoms with Crippen LogP contribution in [0.3, 0.4) is 0 Å². The Kier molecular flexibility index (Phi) is 4.88. The second kappa shape index (κ2) is 9.33. The fraction of sp³-hybridized carbons (Fsp3) is 0.400. The minimum Gasteiger partial charge on any atom is -0.489 e. The molecular weight excluding hydrogens is 422 g/mol. The van der Waals surface area contributed by atoms with Gasteiger partial charge in [-0.25, -0.2) is 0 Å². The number of benzene rings is 2. The van der Waals surface area contributed by atoms with Crippen molar-refractivity contribution < 1.29 is 29.3 Å². The summed E-state index contributed by atoms with van der Waals surface area (Å²) in [6, 6.07) is 5.23. The molecule has 1 N–H and O–H groups in total. The average molecular weight is 454 g/mol. The minimum atomic E-state index is -1.47. The summed E-state index contributed by atoms with van der Waals surface area (Å²) < 4.78 is 45.2. The van der Waals surface area contributed by atoms with Gasteiger partial charge in [0.15, 0.2) is 0 Å². The number of morpholine rings is 1. The highest BCUT2D eigenvalue weighted by atomic mass is 16.5. The van der Waals surface area contributed by atoms with Gasteiger partial charge in [0.1, 0.15) is 18.4 Å². The maximum atomic E-state index is 13.0. The van der Waals surface area contributed by atoms with Gasteiger partial charge in [-0.2, -0.15) is 0 Å². The van der Waals surface area contributed by atoms with Crippen LogP contribution in [0.25, 0.3) is 0 Å². The Morgan fingerprint density at radius 2 is 1.94 bits per heavy atom. The molecule has 0 radical (unpaired) electrons. The number of hydrogen-bond acceptors (Lipinski definition) is 6. The first-order chi connectivity index (χ1) is 17.7. The Hall–Kier alpha value is -3.23. The number of carbonyl (C=O) groups excluding carboxylic acids is 3. The number of nitrogens with zero attached hydrogens (tertiary/aromatic N) is 2. The number of amides is 3. The van der Waals surface area contributed by atoms with Crippen LogP contribution in [0.4, 0.5) is 0 Å². The molecule has 3 aliphatic rings. The first kappa shape index (κ1) is 17.3. The molecule has 2 saturated heterocycles. The number of carbonyl (C=O) groups is 3. The first-order valence-electron chi connectivity index (χ1n) is 13.1. The van der Waals surface area contributed by atoms with Gasteiger partial charge < -0.3 is 14.4 Å². The maximum Gasteiger partial charge on any atom is 0.255 e. The first-order valence-corrected chi connectivity index (χ1v) is 11.0. The summed E-state index contributed by atoms with van der Waals surface area (Å²) in [5.41, 5.74) is 1.36. The fourth-order valence-electron chi connectivity index (χ4n) is 4.32. The molecule has 2 atom stereocenters. The van der Waals surface area contributed by atoms with Crippen LogP contribution in [-0.2, 0) is 34.0 Å². The molecule has 3 amide bonds. The molecule has 2 aromatic carbocycles. The van der Waals surface area contributed by atoms with E-state index in [0.29, 0.717) is 49.5 Å². The predicted octanol–water partition coefficient (Wildman–Crippen LogP) is 1.86. The third-order valence-corrected chi connectivity index (χ3v) is 6.10. The van der Waals surface area contributed by atoms with E-state index in [0.717, 1.165) is 0 Å². The number of hydrogen-bond donors (Lipinski definition) is 1. The van der Waals surface area contributed by atoms with Crippen molar-refractivity contribution in [3.63, 3.8) is 0 Å². The van der Waals surface area contributed by atoms with Crippen LogP contribution < -0.4 is 10.1 Å². The minimum absolute atomic E-state index is 0.0281. The lowest BCUT2D eigenvalue weighted by molar-refractivity contribution is -0.136. The van der Waals surface area contributed by atoms with Crippen LogP contribution in [0.15, 0.2) is 42.4 Å². The predicted molar refractivity (Wildman–Crippen MR) is 119 cm³/mol. The summed E-state index contributed by atoms with van der Waals surface area (Å²) >= 11 is 0. The second-order valence-corrected chi connectivity index (χ2v) is 8.28. The molecule has 0 bridgehead atoms. The number of piperidine rings is 1. The van der Waals surface area contributed by atoms with Gasteiger partial charge in [-0.3, -0.25) is 24.6 Å². The zero-order valence-corrected chi connectivity index (χ0v) is 18.1.